The first-order valence-electron chi connectivity index (χ1n) is 5.00. The van der Waals surface area contributed by atoms with Crippen molar-refractivity contribution in [1.82, 2.24) is 10.2 Å². The molecule has 0 aliphatic heterocycles. The first-order chi connectivity index (χ1) is 7.33. The monoisotopic (exact) mass is 238 g/mol. The van der Waals surface area contributed by atoms with E-state index in [-0.39, 0.29) is 0 Å². The van der Waals surface area contributed by atoms with Crippen LogP contribution < -0.4 is 0 Å². The maximum Gasteiger partial charge on any atom is 0.284 e. The van der Waals surface area contributed by atoms with E-state index in [0.29, 0.717) is 10.7 Å². The molecule has 1 N–H and O–H groups in total. The molecular weight excluding hydrogens is 228 g/mol. The zero-order valence-corrected chi connectivity index (χ0v) is 9.71. The third-order valence-electron chi connectivity index (χ3n) is 2.65. The van der Waals surface area contributed by atoms with Crippen molar-refractivity contribution < 1.29 is 4.42 Å². The van der Waals surface area contributed by atoms with Crippen LogP contribution in [0.5, 0.6) is 0 Å². The summed E-state index contributed by atoms with van der Waals surface area (Å²) in [5.41, 5.74) is 1.46. The Morgan fingerprint density at radius 3 is 3.00 bits per heavy atom. The largest absolute Gasteiger partial charge is 0.408 e. The minimum absolute atomic E-state index is 0.344. The molecule has 3 rings (SSSR count). The Balaban J connectivity index is 2.06. The van der Waals surface area contributed by atoms with Crippen LogP contribution in [0.4, 0.5) is 0 Å². The highest BCUT2D eigenvalue weighted by molar-refractivity contribution is 7.71. The highest BCUT2D eigenvalue weighted by Gasteiger charge is 2.16. The van der Waals surface area contributed by atoms with Crippen LogP contribution in [-0.2, 0) is 12.8 Å². The van der Waals surface area contributed by atoms with Crippen molar-refractivity contribution in [2.75, 3.05) is 0 Å². The van der Waals surface area contributed by atoms with Crippen LogP contribution in [0.15, 0.2) is 10.5 Å². The van der Waals surface area contributed by atoms with Crippen molar-refractivity contribution >= 4 is 23.6 Å². The lowest BCUT2D eigenvalue weighted by Crippen LogP contribution is -1.96. The number of hydrogen-bond acceptors (Lipinski definition) is 4. The molecule has 0 unspecified atom stereocenters. The predicted octanol–water partition coefficient (Wildman–Crippen LogP) is 3.34. The Kier molecular flexibility index (Phi) is 2.21. The van der Waals surface area contributed by atoms with Gasteiger partial charge in [-0.1, -0.05) is 0 Å². The van der Waals surface area contributed by atoms with Crippen LogP contribution in [-0.4, -0.2) is 10.2 Å². The van der Waals surface area contributed by atoms with E-state index in [1.54, 1.807) is 11.3 Å². The van der Waals surface area contributed by atoms with Gasteiger partial charge in [0.05, 0.1) is 4.88 Å². The number of nitrogens with zero attached hydrogens (tertiary/aromatic N) is 1. The molecule has 0 amide bonds. The zero-order chi connectivity index (χ0) is 10.3. The summed E-state index contributed by atoms with van der Waals surface area (Å²) in [7, 11) is 0. The molecule has 2 aromatic heterocycles. The third kappa shape index (κ3) is 1.66. The number of aromatic amines is 1. The quantitative estimate of drug-likeness (QED) is 0.775. The molecule has 15 heavy (non-hydrogen) atoms. The maximum atomic E-state index is 5.31. The summed E-state index contributed by atoms with van der Waals surface area (Å²) in [5.74, 6) is 0.624. The van der Waals surface area contributed by atoms with E-state index in [4.69, 9.17) is 16.6 Å². The molecule has 2 heterocycles. The van der Waals surface area contributed by atoms with Crippen molar-refractivity contribution in [2.24, 2.45) is 0 Å². The molecule has 0 saturated carbocycles. The van der Waals surface area contributed by atoms with Crippen molar-refractivity contribution in [3.63, 3.8) is 0 Å². The van der Waals surface area contributed by atoms with Gasteiger partial charge in [-0.2, -0.15) is 0 Å². The lowest BCUT2D eigenvalue weighted by molar-refractivity contribution is 0.553. The number of fused-ring (bicyclic) bond motifs is 1. The number of nitrogens with one attached hydrogen (secondary N) is 1. The van der Waals surface area contributed by atoms with Crippen molar-refractivity contribution in [1.29, 1.82) is 0 Å². The van der Waals surface area contributed by atoms with Crippen molar-refractivity contribution in [3.8, 4) is 10.8 Å². The number of aromatic nitrogens is 2. The number of aryl methyl sites for hydroxylation is 2. The molecular formula is C10H10N2OS2. The van der Waals surface area contributed by atoms with Gasteiger partial charge in [0.25, 0.3) is 10.7 Å². The highest BCUT2D eigenvalue weighted by Crippen LogP contribution is 2.34. The van der Waals surface area contributed by atoms with Gasteiger partial charge in [-0.05, 0) is 49.5 Å². The predicted molar refractivity (Wildman–Crippen MR) is 61.6 cm³/mol. The van der Waals surface area contributed by atoms with E-state index in [2.05, 4.69) is 16.3 Å². The summed E-state index contributed by atoms with van der Waals surface area (Å²) < 4.78 is 5.31. The van der Waals surface area contributed by atoms with Gasteiger partial charge >= 0.3 is 0 Å². The Labute approximate surface area is 96.1 Å². The molecule has 78 valence electrons. The fraction of sp³-hybridized carbons (Fsp3) is 0.400. The van der Waals surface area contributed by atoms with Gasteiger partial charge in [0.15, 0.2) is 0 Å². The van der Waals surface area contributed by atoms with E-state index in [9.17, 15) is 0 Å². The Morgan fingerprint density at radius 1 is 1.40 bits per heavy atom. The fourth-order valence-corrected chi connectivity index (χ4v) is 3.24. The van der Waals surface area contributed by atoms with Crippen molar-refractivity contribution in [2.45, 2.75) is 25.7 Å². The first kappa shape index (κ1) is 9.30. The molecule has 2 aromatic rings. The summed E-state index contributed by atoms with van der Waals surface area (Å²) in [6, 6.07) is 2.19. The first-order valence-corrected chi connectivity index (χ1v) is 6.23. The van der Waals surface area contributed by atoms with E-state index in [0.717, 1.165) is 4.88 Å². The minimum Gasteiger partial charge on any atom is -0.408 e. The second-order valence-electron chi connectivity index (χ2n) is 3.68. The normalized spacial score (nSPS) is 15.2. The van der Waals surface area contributed by atoms with Crippen LogP contribution in [0.25, 0.3) is 10.8 Å². The van der Waals surface area contributed by atoms with E-state index < -0.39 is 0 Å². The lowest BCUT2D eigenvalue weighted by atomic mass is 9.99. The van der Waals surface area contributed by atoms with E-state index in [1.165, 1.54) is 36.1 Å². The van der Waals surface area contributed by atoms with Crippen LogP contribution in [0.2, 0.25) is 0 Å². The van der Waals surface area contributed by atoms with E-state index >= 15 is 0 Å². The minimum atomic E-state index is 0.344. The second kappa shape index (κ2) is 3.57. The Morgan fingerprint density at radius 2 is 2.27 bits per heavy atom. The van der Waals surface area contributed by atoms with Gasteiger partial charge < -0.3 is 4.42 Å². The summed E-state index contributed by atoms with van der Waals surface area (Å²) in [4.78, 5) is 2.92. The van der Waals surface area contributed by atoms with E-state index in [1.807, 2.05) is 0 Å². The molecule has 0 saturated heterocycles. The molecule has 0 fully saturated rings. The van der Waals surface area contributed by atoms with Gasteiger partial charge in [0.2, 0.25) is 0 Å². The molecule has 0 spiro atoms. The average molecular weight is 238 g/mol. The van der Waals surface area contributed by atoms with Crippen LogP contribution in [0, 0.1) is 4.84 Å². The Hall–Kier alpha value is -0.940. The highest BCUT2D eigenvalue weighted by atomic mass is 32.1. The molecule has 5 heteroatoms. The molecule has 0 radical (unpaired) electrons. The Bertz CT molecular complexity index is 514. The SMILES string of the molecule is S=c1[nH]nc(-c2cc3c(s2)CCCC3)o1. The molecule has 0 bridgehead atoms. The standard InChI is InChI=1S/C10H10N2OS2/c14-10-12-11-9(13-10)8-5-6-3-1-2-4-7(6)15-8/h5H,1-4H2,(H,12,14). The molecule has 1 aliphatic carbocycles. The summed E-state index contributed by atoms with van der Waals surface area (Å²) >= 11 is 6.64. The van der Waals surface area contributed by atoms with Crippen molar-refractivity contribution in [3.05, 3.63) is 21.3 Å². The van der Waals surface area contributed by atoms with Gasteiger partial charge in [-0.15, -0.1) is 16.4 Å². The lowest BCUT2D eigenvalue weighted by Gasteiger charge is -2.08. The van der Waals surface area contributed by atoms with Gasteiger partial charge in [0, 0.05) is 4.88 Å². The smallest absolute Gasteiger partial charge is 0.284 e. The average Bonchev–Trinajstić information content (AvgIpc) is 2.82. The van der Waals surface area contributed by atoms with Crippen LogP contribution >= 0.6 is 23.6 Å². The number of hydrogen-bond donors (Lipinski definition) is 1. The third-order valence-corrected chi connectivity index (χ3v) is 4.05. The molecule has 3 nitrogen and oxygen atoms in total. The summed E-state index contributed by atoms with van der Waals surface area (Å²) in [6.07, 6.45) is 4.99. The molecule has 0 aromatic carbocycles. The van der Waals surface area contributed by atoms with Gasteiger partial charge in [-0.25, -0.2) is 5.10 Å². The maximum absolute atomic E-state index is 5.31. The van der Waals surface area contributed by atoms with Crippen LogP contribution in [0.3, 0.4) is 0 Å². The molecule has 1 aliphatic rings. The number of rotatable bonds is 1. The topological polar surface area (TPSA) is 41.8 Å². The van der Waals surface area contributed by atoms with Crippen LogP contribution in [0.1, 0.15) is 23.3 Å². The summed E-state index contributed by atoms with van der Waals surface area (Å²) in [5, 5.41) is 6.70. The fourth-order valence-electron chi connectivity index (χ4n) is 1.93. The van der Waals surface area contributed by atoms with Gasteiger partial charge in [-0.3, -0.25) is 0 Å². The number of thiophene rings is 1. The van der Waals surface area contributed by atoms with Gasteiger partial charge in [0.1, 0.15) is 0 Å². The summed E-state index contributed by atoms with van der Waals surface area (Å²) in [6.45, 7) is 0. The number of H-pyrrole nitrogens is 1. The zero-order valence-electron chi connectivity index (χ0n) is 8.08. The second-order valence-corrected chi connectivity index (χ2v) is 5.19. The molecule has 0 atom stereocenters.